The first-order chi connectivity index (χ1) is 23.9. The highest BCUT2D eigenvalue weighted by Gasteiger charge is 2.39. The van der Waals surface area contributed by atoms with Crippen LogP contribution >= 0.6 is 11.8 Å². The standard InChI is InChI=1S/C42H55NO5SSi/c1-9-18-40(48-50(7,8)47-39(10-2)36(25-29(3)4)41(44)49-28-31-19-12-11-13-20-31)38(26-30(5)6)43-42(45)46-27-37-34-23-16-14-21-32(34)33-22-15-17-24-35(33)37/h9-17,19-24,29-30,36-40H,1-2,18,25-28H2,3-8H3,(H,43,45)/t36-,38+,39-,40-/m1/s1. The van der Waals surface area contributed by atoms with E-state index in [0.29, 0.717) is 30.9 Å². The maximum Gasteiger partial charge on any atom is 0.407 e. The van der Waals surface area contributed by atoms with Gasteiger partial charge in [-0.1, -0.05) is 130 Å². The highest BCUT2D eigenvalue weighted by atomic mass is 32.2. The molecule has 1 amide bonds. The molecule has 0 saturated carbocycles. The van der Waals surface area contributed by atoms with Gasteiger partial charge in [-0.25, -0.2) is 4.79 Å². The van der Waals surface area contributed by atoms with E-state index in [-0.39, 0.29) is 35.5 Å². The molecule has 1 aliphatic carbocycles. The summed E-state index contributed by atoms with van der Waals surface area (Å²) in [6.07, 6.45) is 4.07. The third-order valence-corrected chi connectivity index (χ3v) is 11.7. The summed E-state index contributed by atoms with van der Waals surface area (Å²) in [5, 5.41) is 3.24. The SMILES string of the molecule is C=CC[C@@H](O[Si](C)(C)O[C@H](C=C)[C@@H](CC(C)C)C(=O)SCc1ccccc1)[C@H](CC(C)C)NC(=O)OCC1c2ccccc2-c2ccccc21. The van der Waals surface area contributed by atoms with Gasteiger partial charge in [0.2, 0.25) is 0 Å². The van der Waals surface area contributed by atoms with Gasteiger partial charge in [0, 0.05) is 11.7 Å². The molecule has 1 N–H and O–H groups in total. The van der Waals surface area contributed by atoms with E-state index in [2.05, 4.69) is 70.4 Å². The van der Waals surface area contributed by atoms with Crippen LogP contribution in [0.2, 0.25) is 13.1 Å². The van der Waals surface area contributed by atoms with Crippen molar-refractivity contribution in [3.8, 4) is 11.1 Å². The number of rotatable bonds is 19. The van der Waals surface area contributed by atoms with Crippen LogP contribution in [0.15, 0.2) is 104 Å². The third kappa shape index (κ3) is 11.0. The highest BCUT2D eigenvalue weighted by Crippen LogP contribution is 2.44. The molecule has 0 aromatic heterocycles. The molecule has 0 unspecified atom stereocenters. The number of benzene rings is 3. The minimum Gasteiger partial charge on any atom is -0.449 e. The average Bonchev–Trinajstić information content (AvgIpc) is 3.41. The maximum atomic E-state index is 13.6. The molecule has 0 saturated heterocycles. The second-order valence-corrected chi connectivity index (χ2v) is 18.7. The van der Waals surface area contributed by atoms with Crippen molar-refractivity contribution in [2.45, 2.75) is 90.0 Å². The zero-order valence-electron chi connectivity index (χ0n) is 30.6. The van der Waals surface area contributed by atoms with Crippen molar-refractivity contribution in [3.05, 3.63) is 121 Å². The lowest BCUT2D eigenvalue weighted by Crippen LogP contribution is -2.52. The summed E-state index contributed by atoms with van der Waals surface area (Å²) in [6.45, 7) is 20.8. The van der Waals surface area contributed by atoms with Crippen LogP contribution in [0.25, 0.3) is 11.1 Å². The van der Waals surface area contributed by atoms with Crippen molar-refractivity contribution < 1.29 is 23.2 Å². The lowest BCUT2D eigenvalue weighted by molar-refractivity contribution is -0.117. The van der Waals surface area contributed by atoms with E-state index in [1.807, 2.05) is 73.8 Å². The van der Waals surface area contributed by atoms with Crippen molar-refractivity contribution >= 4 is 31.5 Å². The molecule has 0 heterocycles. The largest absolute Gasteiger partial charge is 0.449 e. The van der Waals surface area contributed by atoms with E-state index >= 15 is 0 Å². The molecule has 4 atom stereocenters. The molecule has 3 aromatic rings. The van der Waals surface area contributed by atoms with Gasteiger partial charge in [0.15, 0.2) is 5.12 Å². The van der Waals surface area contributed by atoms with Gasteiger partial charge in [-0.2, -0.15) is 0 Å². The van der Waals surface area contributed by atoms with E-state index < -0.39 is 26.9 Å². The zero-order valence-corrected chi connectivity index (χ0v) is 32.4. The average molecular weight is 714 g/mol. The molecule has 6 nitrogen and oxygen atoms in total. The van der Waals surface area contributed by atoms with Crippen LogP contribution in [0.5, 0.6) is 0 Å². The third-order valence-electron chi connectivity index (χ3n) is 8.96. The zero-order chi connectivity index (χ0) is 36.3. The number of carbonyl (C=O) groups is 2. The van der Waals surface area contributed by atoms with Gasteiger partial charge in [-0.15, -0.1) is 13.2 Å². The Morgan fingerprint density at radius 1 is 0.840 bits per heavy atom. The minimum absolute atomic E-state index is 0.0279. The first-order valence-corrected chi connectivity index (χ1v) is 21.6. The van der Waals surface area contributed by atoms with Crippen LogP contribution in [0, 0.1) is 17.8 Å². The lowest BCUT2D eigenvalue weighted by Gasteiger charge is -2.37. The van der Waals surface area contributed by atoms with Crippen molar-refractivity contribution in [1.82, 2.24) is 5.32 Å². The van der Waals surface area contributed by atoms with Crippen molar-refractivity contribution in [2.24, 2.45) is 17.8 Å². The quantitative estimate of drug-likeness (QED) is 0.0985. The second kappa shape index (κ2) is 18.7. The number of amides is 1. The smallest absolute Gasteiger partial charge is 0.407 e. The van der Waals surface area contributed by atoms with Gasteiger partial charge in [0.1, 0.15) is 6.61 Å². The number of hydrogen-bond donors (Lipinski definition) is 1. The second-order valence-electron chi connectivity index (χ2n) is 14.4. The van der Waals surface area contributed by atoms with Crippen LogP contribution in [0.1, 0.15) is 69.6 Å². The fourth-order valence-corrected chi connectivity index (χ4v) is 9.69. The Hall–Kier alpha value is -3.43. The summed E-state index contributed by atoms with van der Waals surface area (Å²) in [7, 11) is -2.89. The molecular weight excluding hydrogens is 659 g/mol. The molecule has 0 aliphatic heterocycles. The molecule has 0 fully saturated rings. The number of carbonyl (C=O) groups excluding carboxylic acids is 2. The van der Waals surface area contributed by atoms with E-state index in [4.69, 9.17) is 13.6 Å². The van der Waals surface area contributed by atoms with Gasteiger partial charge in [-0.3, -0.25) is 4.79 Å². The number of nitrogens with one attached hydrogen (secondary N) is 1. The molecule has 4 rings (SSSR count). The van der Waals surface area contributed by atoms with E-state index in [1.165, 1.54) is 34.0 Å². The molecule has 3 aromatic carbocycles. The molecule has 1 aliphatic rings. The van der Waals surface area contributed by atoms with Gasteiger partial charge in [0.05, 0.1) is 24.2 Å². The molecule has 0 spiro atoms. The lowest BCUT2D eigenvalue weighted by atomic mass is 9.93. The normalized spacial score (nSPS) is 15.1. The fraction of sp³-hybridized carbons (Fsp3) is 0.429. The summed E-state index contributed by atoms with van der Waals surface area (Å²) < 4.78 is 19.5. The van der Waals surface area contributed by atoms with Crippen LogP contribution in [-0.2, 0) is 24.1 Å². The summed E-state index contributed by atoms with van der Waals surface area (Å²) in [4.78, 5) is 27.1. The van der Waals surface area contributed by atoms with E-state index in [1.54, 1.807) is 6.08 Å². The summed E-state index contributed by atoms with van der Waals surface area (Å²) in [6, 6.07) is 26.3. The maximum absolute atomic E-state index is 13.6. The van der Waals surface area contributed by atoms with Gasteiger partial charge < -0.3 is 18.9 Å². The predicted molar refractivity (Wildman–Crippen MR) is 209 cm³/mol. The Labute approximate surface area is 305 Å². The first-order valence-electron chi connectivity index (χ1n) is 17.8. The first kappa shape index (κ1) is 39.4. The Bertz CT molecular complexity index is 1530. The Morgan fingerprint density at radius 2 is 1.42 bits per heavy atom. The summed E-state index contributed by atoms with van der Waals surface area (Å²) >= 11 is 1.33. The molecule has 268 valence electrons. The van der Waals surface area contributed by atoms with Crippen molar-refractivity contribution in [2.75, 3.05) is 6.61 Å². The molecular formula is C42H55NO5SSi. The Morgan fingerprint density at radius 3 is 1.98 bits per heavy atom. The predicted octanol–water partition coefficient (Wildman–Crippen LogP) is 10.3. The number of thioether (sulfide) groups is 1. The van der Waals surface area contributed by atoms with E-state index in [0.717, 1.165) is 5.56 Å². The van der Waals surface area contributed by atoms with Crippen molar-refractivity contribution in [1.29, 1.82) is 0 Å². The van der Waals surface area contributed by atoms with Crippen LogP contribution in [-0.4, -0.2) is 44.6 Å². The monoisotopic (exact) mass is 713 g/mol. The fourth-order valence-electron chi connectivity index (χ4n) is 6.78. The van der Waals surface area contributed by atoms with Crippen LogP contribution in [0.4, 0.5) is 4.79 Å². The van der Waals surface area contributed by atoms with Gasteiger partial charge in [0.25, 0.3) is 0 Å². The van der Waals surface area contributed by atoms with Gasteiger partial charge >= 0.3 is 14.7 Å². The molecule has 0 bridgehead atoms. The summed E-state index contributed by atoms with van der Waals surface area (Å²) in [5.41, 5.74) is 5.82. The number of ether oxygens (including phenoxy) is 1. The Balaban J connectivity index is 1.44. The molecule has 8 heteroatoms. The minimum atomic E-state index is -2.89. The van der Waals surface area contributed by atoms with Crippen molar-refractivity contribution in [3.63, 3.8) is 0 Å². The molecule has 0 radical (unpaired) electrons. The summed E-state index contributed by atoms with van der Waals surface area (Å²) in [5.74, 6) is 0.795. The number of fused-ring (bicyclic) bond motifs is 3. The highest BCUT2D eigenvalue weighted by molar-refractivity contribution is 8.13. The van der Waals surface area contributed by atoms with Gasteiger partial charge in [-0.05, 0) is 72.0 Å². The van der Waals surface area contributed by atoms with Crippen LogP contribution in [0.3, 0.4) is 0 Å². The number of alkyl carbamates (subject to hydrolysis) is 1. The molecule has 50 heavy (non-hydrogen) atoms. The van der Waals surface area contributed by atoms with Crippen LogP contribution < -0.4 is 5.32 Å². The topological polar surface area (TPSA) is 73.9 Å². The van der Waals surface area contributed by atoms with E-state index in [9.17, 15) is 9.59 Å². The Kier molecular flexibility index (Phi) is 14.7. The number of hydrogen-bond acceptors (Lipinski definition) is 6.